The molecule has 5 aliphatic rings. The highest BCUT2D eigenvalue weighted by atomic mass is 15.1. The van der Waals surface area contributed by atoms with Gasteiger partial charge in [-0.15, -0.1) is 0 Å². The van der Waals surface area contributed by atoms with Crippen LogP contribution in [0.5, 0.6) is 0 Å². The van der Waals surface area contributed by atoms with Crippen molar-refractivity contribution in [2.45, 2.75) is 31.1 Å². The Hall–Kier alpha value is -7.16. The average molecular weight is 807 g/mol. The number of rotatable bonds is 8. The highest BCUT2D eigenvalue weighted by Crippen LogP contribution is 2.91. The minimum absolute atomic E-state index is 0.435. The molecule has 2 bridgehead atoms. The first kappa shape index (κ1) is 35.4. The molecule has 1 heterocycles. The quantitative estimate of drug-likeness (QED) is 0.148. The molecule has 3 unspecified atom stereocenters. The molecule has 0 saturated heterocycles. The SMILES string of the molecule is c1ccc(-c2ccc(-c3ccc(N(c4ccc(-c5ccccc5-n5c6ccccc6c6ccccc65)cc4)c4ccc(C56C[C@@H]7CC8CC75[C@@H]8C6)cc4)cc3)c3ccccc23)cc1. The lowest BCUT2D eigenvalue weighted by Crippen LogP contribution is -2.74. The van der Waals surface area contributed by atoms with E-state index in [1.54, 1.807) is 5.56 Å². The van der Waals surface area contributed by atoms with Gasteiger partial charge in [-0.2, -0.15) is 0 Å². The lowest BCUT2D eigenvalue weighted by Gasteiger charge is -2.79. The van der Waals surface area contributed by atoms with Gasteiger partial charge in [0.1, 0.15) is 0 Å². The highest BCUT2D eigenvalue weighted by molar-refractivity contribution is 6.10. The smallest absolute Gasteiger partial charge is 0.0541 e. The van der Waals surface area contributed by atoms with Crippen molar-refractivity contribution in [2.24, 2.45) is 23.2 Å². The Morgan fingerprint density at radius 2 is 0.889 bits per heavy atom. The van der Waals surface area contributed by atoms with Crippen LogP contribution in [0.2, 0.25) is 0 Å². The molecule has 9 aromatic carbocycles. The summed E-state index contributed by atoms with van der Waals surface area (Å²) >= 11 is 0. The fourth-order valence-corrected chi connectivity index (χ4v) is 13.8. The third-order valence-corrected chi connectivity index (χ3v) is 16.5. The van der Waals surface area contributed by atoms with Gasteiger partial charge in [0.25, 0.3) is 0 Å². The van der Waals surface area contributed by atoms with Gasteiger partial charge in [0, 0.05) is 38.8 Å². The van der Waals surface area contributed by atoms with E-state index in [9.17, 15) is 0 Å². The van der Waals surface area contributed by atoms with E-state index in [4.69, 9.17) is 0 Å². The van der Waals surface area contributed by atoms with E-state index in [1.165, 1.54) is 103 Å². The molecule has 0 amide bonds. The van der Waals surface area contributed by atoms with Gasteiger partial charge in [0.05, 0.1) is 16.7 Å². The number of benzene rings is 9. The Morgan fingerprint density at radius 3 is 1.48 bits per heavy atom. The van der Waals surface area contributed by atoms with E-state index in [1.807, 2.05) is 0 Å². The van der Waals surface area contributed by atoms with Crippen molar-refractivity contribution in [2.75, 3.05) is 4.90 Å². The molecule has 1 aromatic heterocycles. The Bertz CT molecular complexity index is 3350. The van der Waals surface area contributed by atoms with Crippen LogP contribution in [-0.2, 0) is 5.41 Å². The zero-order valence-electron chi connectivity index (χ0n) is 35.2. The first-order valence-electron chi connectivity index (χ1n) is 22.9. The van der Waals surface area contributed by atoms with Crippen molar-refractivity contribution < 1.29 is 0 Å². The van der Waals surface area contributed by atoms with Crippen LogP contribution >= 0.6 is 0 Å². The predicted octanol–water partition coefficient (Wildman–Crippen LogP) is 16.1. The number of fused-ring (bicyclic) bond motifs is 4. The molecule has 1 spiro atoms. The van der Waals surface area contributed by atoms with Crippen LogP contribution in [0.25, 0.3) is 71.6 Å². The second-order valence-electron chi connectivity index (χ2n) is 19.0. The summed E-state index contributed by atoms with van der Waals surface area (Å²) < 4.78 is 2.44. The Morgan fingerprint density at radius 1 is 0.397 bits per heavy atom. The molecular weight excluding hydrogens is 761 g/mol. The van der Waals surface area contributed by atoms with Gasteiger partial charge in [0.2, 0.25) is 0 Å². The van der Waals surface area contributed by atoms with Crippen molar-refractivity contribution in [3.63, 3.8) is 0 Å². The number of anilines is 3. The van der Waals surface area contributed by atoms with Gasteiger partial charge >= 0.3 is 0 Å². The van der Waals surface area contributed by atoms with Crippen LogP contribution in [0, 0.1) is 23.2 Å². The minimum atomic E-state index is 0.435. The second-order valence-corrected chi connectivity index (χ2v) is 19.0. The van der Waals surface area contributed by atoms with E-state index in [0.29, 0.717) is 10.8 Å². The summed E-state index contributed by atoms with van der Waals surface area (Å²) in [6, 6.07) is 78.9. The maximum Gasteiger partial charge on any atom is 0.0541 e. The number of hydrogen-bond donors (Lipinski definition) is 0. The summed E-state index contributed by atoms with van der Waals surface area (Å²) in [7, 11) is 0. The van der Waals surface area contributed by atoms with Gasteiger partial charge in [0.15, 0.2) is 0 Å². The van der Waals surface area contributed by atoms with Crippen molar-refractivity contribution >= 4 is 49.6 Å². The minimum Gasteiger partial charge on any atom is -0.311 e. The average Bonchev–Trinajstić information content (AvgIpc) is 3.88. The predicted molar refractivity (Wildman–Crippen MR) is 262 cm³/mol. The molecule has 10 aromatic rings. The van der Waals surface area contributed by atoms with Gasteiger partial charge in [-0.25, -0.2) is 0 Å². The van der Waals surface area contributed by atoms with Crippen molar-refractivity contribution in [1.29, 1.82) is 0 Å². The van der Waals surface area contributed by atoms with Crippen LogP contribution in [0.15, 0.2) is 212 Å². The highest BCUT2D eigenvalue weighted by Gasteiger charge is 2.86. The third kappa shape index (κ3) is 4.84. The van der Waals surface area contributed by atoms with Crippen LogP contribution in [0.3, 0.4) is 0 Å². The zero-order chi connectivity index (χ0) is 41.3. The van der Waals surface area contributed by atoms with Crippen molar-refractivity contribution in [3.8, 4) is 39.1 Å². The molecule has 0 aliphatic heterocycles. The number of para-hydroxylation sites is 3. The van der Waals surface area contributed by atoms with E-state index >= 15 is 0 Å². The molecule has 300 valence electrons. The standard InChI is InChI=1S/C61H46N2/c1-2-12-40(13-3-1)49-34-35-50(53-16-5-4-15-52(49)53)41-22-28-46(29-23-41)62(48-32-26-44(27-33-48)60-38-45-36-43-37-61(45,60)56(43)39-60)47-30-24-42(25-31-47)51-14-6-9-19-57(51)63-58-20-10-7-17-54(58)55-18-8-11-21-59(55)63/h1-35,43,45,56H,36-39H2/t43?,45-,56+,60?,61?/m0/s1. The van der Waals surface area contributed by atoms with Crippen LogP contribution < -0.4 is 4.90 Å². The summed E-state index contributed by atoms with van der Waals surface area (Å²) in [5, 5.41) is 5.09. The zero-order valence-corrected chi connectivity index (χ0v) is 35.2. The van der Waals surface area contributed by atoms with E-state index in [2.05, 4.69) is 222 Å². The lowest BCUT2D eigenvalue weighted by molar-refractivity contribution is -0.252. The first-order valence-corrected chi connectivity index (χ1v) is 22.9. The van der Waals surface area contributed by atoms with Gasteiger partial charge < -0.3 is 9.47 Å². The molecule has 15 rings (SSSR count). The summed E-state index contributed by atoms with van der Waals surface area (Å²) in [5.41, 5.74) is 17.2. The Labute approximate surface area is 368 Å². The normalized spacial score (nSPS) is 22.6. The number of hydrogen-bond acceptors (Lipinski definition) is 1. The van der Waals surface area contributed by atoms with E-state index < -0.39 is 0 Å². The van der Waals surface area contributed by atoms with Crippen LogP contribution in [-0.4, -0.2) is 4.57 Å². The third-order valence-electron chi connectivity index (χ3n) is 16.5. The molecule has 5 fully saturated rings. The number of aromatic nitrogens is 1. The molecule has 2 nitrogen and oxygen atoms in total. The van der Waals surface area contributed by atoms with Crippen molar-refractivity contribution in [3.05, 3.63) is 218 Å². The molecule has 5 aliphatic carbocycles. The van der Waals surface area contributed by atoms with Crippen LogP contribution in [0.1, 0.15) is 31.2 Å². The molecule has 2 heteroatoms. The van der Waals surface area contributed by atoms with E-state index in [-0.39, 0.29) is 0 Å². The maximum atomic E-state index is 2.49. The lowest BCUT2D eigenvalue weighted by atomic mass is 9.25. The summed E-state index contributed by atoms with van der Waals surface area (Å²) in [4.78, 5) is 2.45. The largest absolute Gasteiger partial charge is 0.311 e. The summed E-state index contributed by atoms with van der Waals surface area (Å²) in [5.74, 6) is 3.03. The van der Waals surface area contributed by atoms with Crippen molar-refractivity contribution in [1.82, 2.24) is 4.57 Å². The topological polar surface area (TPSA) is 8.17 Å². The molecule has 5 atom stereocenters. The second kappa shape index (κ2) is 13.2. The van der Waals surface area contributed by atoms with E-state index in [0.717, 1.165) is 29.1 Å². The summed E-state index contributed by atoms with van der Waals surface area (Å²) in [6.07, 6.45) is 5.81. The van der Waals surface area contributed by atoms with Gasteiger partial charge in [-0.1, -0.05) is 158 Å². The Kier molecular flexibility index (Phi) is 7.41. The fourth-order valence-electron chi connectivity index (χ4n) is 13.8. The molecule has 5 saturated carbocycles. The Balaban J connectivity index is 0.855. The van der Waals surface area contributed by atoms with Gasteiger partial charge in [-0.3, -0.25) is 0 Å². The van der Waals surface area contributed by atoms with Crippen LogP contribution in [0.4, 0.5) is 17.1 Å². The first-order chi connectivity index (χ1) is 31.2. The maximum absolute atomic E-state index is 2.49. The summed E-state index contributed by atoms with van der Waals surface area (Å²) in [6.45, 7) is 0. The number of nitrogens with zero attached hydrogens (tertiary/aromatic N) is 2. The molecule has 0 radical (unpaired) electrons. The molecular formula is C61H46N2. The molecule has 0 N–H and O–H groups in total. The van der Waals surface area contributed by atoms with Gasteiger partial charge in [-0.05, 0) is 148 Å². The fraction of sp³-hybridized carbons (Fsp3) is 0.148. The molecule has 63 heavy (non-hydrogen) atoms. The monoisotopic (exact) mass is 806 g/mol.